The Bertz CT molecular complexity index is 740. The first-order valence-electron chi connectivity index (χ1n) is 6.25. The first-order chi connectivity index (χ1) is 9.83. The summed E-state index contributed by atoms with van der Waals surface area (Å²) in [4.78, 5) is 0. The van der Waals surface area contributed by atoms with Gasteiger partial charge in [0.2, 0.25) is 0 Å². The highest BCUT2D eigenvalue weighted by Crippen LogP contribution is 2.30. The first-order valence-corrected chi connectivity index (χ1v) is 8.93. The van der Waals surface area contributed by atoms with Crippen molar-refractivity contribution in [2.45, 2.75) is 24.1 Å². The van der Waals surface area contributed by atoms with Gasteiger partial charge in [-0.1, -0.05) is 29.3 Å². The molecule has 2 aromatic rings. The Balaban J connectivity index is 2.29. The van der Waals surface area contributed by atoms with Crippen LogP contribution < -0.4 is 9.46 Å². The van der Waals surface area contributed by atoms with Gasteiger partial charge in [0, 0.05) is 11.6 Å². The SMILES string of the molecule is COc1ccc(C)cc1[C@H](C)NS(=O)(=O)c1ccc(Cl)s1. The average Bonchev–Trinajstić information content (AvgIpc) is 2.85. The topological polar surface area (TPSA) is 55.4 Å². The number of rotatable bonds is 5. The highest BCUT2D eigenvalue weighted by atomic mass is 35.5. The number of sulfonamides is 1. The van der Waals surface area contributed by atoms with Crippen molar-refractivity contribution < 1.29 is 13.2 Å². The fourth-order valence-electron chi connectivity index (χ4n) is 1.99. The third-order valence-corrected chi connectivity index (χ3v) is 6.26. The molecule has 0 aliphatic rings. The maximum Gasteiger partial charge on any atom is 0.250 e. The van der Waals surface area contributed by atoms with Crippen LogP contribution in [0.1, 0.15) is 24.1 Å². The van der Waals surface area contributed by atoms with Crippen molar-refractivity contribution in [3.63, 3.8) is 0 Å². The summed E-state index contributed by atoms with van der Waals surface area (Å²) in [6.07, 6.45) is 0. The molecule has 0 unspecified atom stereocenters. The predicted octanol–water partition coefficient (Wildman–Crippen LogP) is 3.76. The summed E-state index contributed by atoms with van der Waals surface area (Å²) in [7, 11) is -2.03. The fourth-order valence-corrected chi connectivity index (χ4v) is 4.71. The molecule has 0 radical (unpaired) electrons. The number of thiophene rings is 1. The van der Waals surface area contributed by atoms with Crippen LogP contribution in [0.3, 0.4) is 0 Å². The van der Waals surface area contributed by atoms with Gasteiger partial charge in [-0.25, -0.2) is 13.1 Å². The third-order valence-electron chi connectivity index (χ3n) is 3.00. The molecular weight excluding hydrogens is 330 g/mol. The number of ether oxygens (including phenoxy) is 1. The Morgan fingerprint density at radius 2 is 2.00 bits per heavy atom. The van der Waals surface area contributed by atoms with E-state index in [0.29, 0.717) is 10.1 Å². The number of hydrogen-bond donors (Lipinski definition) is 1. The van der Waals surface area contributed by atoms with Crippen LogP contribution in [0.15, 0.2) is 34.5 Å². The lowest BCUT2D eigenvalue weighted by Gasteiger charge is -2.17. The van der Waals surface area contributed by atoms with Crippen molar-refractivity contribution in [3.8, 4) is 5.75 Å². The van der Waals surface area contributed by atoms with Crippen LogP contribution in [-0.2, 0) is 10.0 Å². The average molecular weight is 346 g/mol. The van der Waals surface area contributed by atoms with Crippen molar-refractivity contribution in [1.82, 2.24) is 4.72 Å². The van der Waals surface area contributed by atoms with Gasteiger partial charge < -0.3 is 4.74 Å². The lowest BCUT2D eigenvalue weighted by atomic mass is 10.1. The molecule has 0 fully saturated rings. The van der Waals surface area contributed by atoms with Crippen molar-refractivity contribution >= 4 is 33.0 Å². The summed E-state index contributed by atoms with van der Waals surface area (Å²) >= 11 is 6.82. The predicted molar refractivity (Wildman–Crippen MR) is 85.8 cm³/mol. The van der Waals surface area contributed by atoms with Gasteiger partial charge in [-0.3, -0.25) is 0 Å². The lowest BCUT2D eigenvalue weighted by molar-refractivity contribution is 0.405. The highest BCUT2D eigenvalue weighted by molar-refractivity contribution is 7.91. The van der Waals surface area contributed by atoms with Crippen molar-refractivity contribution in [1.29, 1.82) is 0 Å². The first kappa shape index (κ1) is 16.3. The second-order valence-electron chi connectivity index (χ2n) is 4.65. The quantitative estimate of drug-likeness (QED) is 0.897. The molecule has 1 aromatic heterocycles. The zero-order chi connectivity index (χ0) is 15.6. The van der Waals surface area contributed by atoms with E-state index in [1.807, 2.05) is 25.1 Å². The van der Waals surface area contributed by atoms with E-state index in [-0.39, 0.29) is 4.21 Å². The van der Waals surface area contributed by atoms with Crippen LogP contribution in [0.25, 0.3) is 0 Å². The zero-order valence-electron chi connectivity index (χ0n) is 11.9. The maximum absolute atomic E-state index is 12.3. The van der Waals surface area contributed by atoms with E-state index >= 15 is 0 Å². The van der Waals surface area contributed by atoms with Gasteiger partial charge in [0.1, 0.15) is 9.96 Å². The van der Waals surface area contributed by atoms with E-state index in [1.54, 1.807) is 20.1 Å². The largest absolute Gasteiger partial charge is 0.496 e. The van der Waals surface area contributed by atoms with Gasteiger partial charge in [-0.15, -0.1) is 11.3 Å². The summed E-state index contributed by atoms with van der Waals surface area (Å²) in [5.74, 6) is 0.653. The molecule has 0 spiro atoms. The second kappa shape index (κ2) is 6.36. The Labute approximate surface area is 133 Å². The number of halogens is 1. The van der Waals surface area contributed by atoms with Crippen molar-refractivity contribution in [3.05, 3.63) is 45.8 Å². The van der Waals surface area contributed by atoms with Crippen LogP contribution >= 0.6 is 22.9 Å². The Morgan fingerprint density at radius 3 is 2.57 bits per heavy atom. The minimum Gasteiger partial charge on any atom is -0.496 e. The minimum absolute atomic E-state index is 0.200. The number of hydrogen-bond acceptors (Lipinski definition) is 4. The number of methoxy groups -OCH3 is 1. The molecule has 0 saturated heterocycles. The van der Waals surface area contributed by atoms with Crippen LogP contribution in [0.5, 0.6) is 5.75 Å². The summed E-state index contributed by atoms with van der Waals surface area (Å²) in [6.45, 7) is 3.73. The number of aryl methyl sites for hydroxylation is 1. The molecular formula is C14H16ClNO3S2. The van der Waals surface area contributed by atoms with E-state index < -0.39 is 16.1 Å². The summed E-state index contributed by atoms with van der Waals surface area (Å²) in [5.41, 5.74) is 1.83. The monoisotopic (exact) mass is 345 g/mol. The molecule has 7 heteroatoms. The van der Waals surface area contributed by atoms with Gasteiger partial charge in [0.25, 0.3) is 10.0 Å². The van der Waals surface area contributed by atoms with E-state index in [9.17, 15) is 8.42 Å². The van der Waals surface area contributed by atoms with E-state index in [2.05, 4.69) is 4.72 Å². The number of nitrogens with one attached hydrogen (secondary N) is 1. The van der Waals surface area contributed by atoms with Crippen LogP contribution in [0, 0.1) is 6.92 Å². The smallest absolute Gasteiger partial charge is 0.250 e. The molecule has 1 aromatic carbocycles. The Hall–Kier alpha value is -1.08. The van der Waals surface area contributed by atoms with Crippen LogP contribution in [-0.4, -0.2) is 15.5 Å². The zero-order valence-corrected chi connectivity index (χ0v) is 14.3. The van der Waals surface area contributed by atoms with Gasteiger partial charge in [-0.05, 0) is 32.0 Å². The van der Waals surface area contributed by atoms with Crippen molar-refractivity contribution in [2.24, 2.45) is 0 Å². The normalized spacial score (nSPS) is 13.1. The van der Waals surface area contributed by atoms with E-state index in [1.165, 1.54) is 6.07 Å². The molecule has 0 amide bonds. The highest BCUT2D eigenvalue weighted by Gasteiger charge is 2.22. The summed E-state index contributed by atoms with van der Waals surface area (Å²) in [6, 6.07) is 8.31. The maximum atomic E-state index is 12.3. The number of benzene rings is 1. The molecule has 1 heterocycles. The molecule has 2 rings (SSSR count). The van der Waals surface area contributed by atoms with Gasteiger partial charge in [0.05, 0.1) is 11.4 Å². The van der Waals surface area contributed by atoms with Crippen LogP contribution in [0.2, 0.25) is 4.34 Å². The molecule has 21 heavy (non-hydrogen) atoms. The Morgan fingerprint density at radius 1 is 1.29 bits per heavy atom. The minimum atomic E-state index is -3.60. The molecule has 114 valence electrons. The molecule has 4 nitrogen and oxygen atoms in total. The van der Waals surface area contributed by atoms with E-state index in [0.717, 1.165) is 22.5 Å². The summed E-state index contributed by atoms with van der Waals surface area (Å²) < 4.78 is 33.2. The van der Waals surface area contributed by atoms with Gasteiger partial charge in [-0.2, -0.15) is 0 Å². The molecule has 1 N–H and O–H groups in total. The molecule has 0 saturated carbocycles. The lowest BCUT2D eigenvalue weighted by Crippen LogP contribution is -2.26. The van der Waals surface area contributed by atoms with Crippen molar-refractivity contribution in [2.75, 3.05) is 7.11 Å². The van der Waals surface area contributed by atoms with Crippen LogP contribution in [0.4, 0.5) is 0 Å². The van der Waals surface area contributed by atoms with Gasteiger partial charge >= 0.3 is 0 Å². The second-order valence-corrected chi connectivity index (χ2v) is 8.30. The Kier molecular flexibility index (Phi) is 4.93. The molecule has 1 atom stereocenters. The standard InChI is InChI=1S/C14H16ClNO3S2/c1-9-4-5-12(19-3)11(8-9)10(2)16-21(17,18)14-7-6-13(15)20-14/h4-8,10,16H,1-3H3/t10-/m0/s1. The summed E-state index contributed by atoms with van der Waals surface area (Å²) in [5, 5.41) is 0. The van der Waals surface area contributed by atoms with Gasteiger partial charge in [0.15, 0.2) is 0 Å². The molecule has 0 bridgehead atoms. The fraction of sp³-hybridized carbons (Fsp3) is 0.286. The molecule has 0 aliphatic heterocycles. The van der Waals surface area contributed by atoms with E-state index in [4.69, 9.17) is 16.3 Å². The third kappa shape index (κ3) is 3.77. The molecule has 0 aliphatic carbocycles.